The number of morpholine rings is 1. The Kier molecular flexibility index (Phi) is 8.02. The zero-order chi connectivity index (χ0) is 20.1. The van der Waals surface area contributed by atoms with Crippen LogP contribution in [-0.4, -0.2) is 46.8 Å². The Morgan fingerprint density at radius 2 is 2.11 bits per heavy atom. The first-order valence-electron chi connectivity index (χ1n) is 9.03. The van der Waals surface area contributed by atoms with E-state index < -0.39 is 0 Å². The zero-order valence-electron chi connectivity index (χ0n) is 15.8. The second-order valence-electron chi connectivity index (χ2n) is 6.87. The van der Waals surface area contributed by atoms with Gasteiger partial charge >= 0.3 is 0 Å². The highest BCUT2D eigenvalue weighted by Gasteiger charge is 2.22. The van der Waals surface area contributed by atoms with Gasteiger partial charge in [-0.15, -0.1) is 23.1 Å². The normalized spacial score (nSPS) is 20.3. The molecule has 2 unspecified atom stereocenters. The largest absolute Gasteiger partial charge is 0.373 e. The lowest BCUT2D eigenvalue weighted by molar-refractivity contribution is -0.113. The summed E-state index contributed by atoms with van der Waals surface area (Å²) in [5, 5.41) is 6.75. The van der Waals surface area contributed by atoms with E-state index in [9.17, 15) is 4.79 Å². The van der Waals surface area contributed by atoms with E-state index in [2.05, 4.69) is 29.0 Å². The fourth-order valence-electron chi connectivity index (χ4n) is 3.13. The first-order chi connectivity index (χ1) is 13.4. The summed E-state index contributed by atoms with van der Waals surface area (Å²) in [5.74, 6) is 0.927. The lowest BCUT2D eigenvalue weighted by Gasteiger charge is -2.34. The molecule has 1 aliphatic rings. The minimum Gasteiger partial charge on any atom is -0.373 e. The van der Waals surface area contributed by atoms with Crippen molar-refractivity contribution in [2.75, 3.05) is 24.2 Å². The number of thioether (sulfide) groups is 1. The molecule has 0 aliphatic carbocycles. The van der Waals surface area contributed by atoms with Gasteiger partial charge in [-0.2, -0.15) is 0 Å². The van der Waals surface area contributed by atoms with Gasteiger partial charge in [0.05, 0.1) is 23.7 Å². The molecule has 1 aliphatic heterocycles. The van der Waals surface area contributed by atoms with E-state index in [1.54, 1.807) is 12.1 Å². The summed E-state index contributed by atoms with van der Waals surface area (Å²) in [5.41, 5.74) is 1.94. The molecule has 3 rings (SSSR count). The minimum absolute atomic E-state index is 0.0652. The number of hydrogen-bond donors (Lipinski definition) is 1. The van der Waals surface area contributed by atoms with Gasteiger partial charge in [-0.05, 0) is 31.5 Å². The predicted molar refractivity (Wildman–Crippen MR) is 119 cm³/mol. The van der Waals surface area contributed by atoms with E-state index >= 15 is 0 Å². The smallest absolute Gasteiger partial charge is 0.236 e. The molecule has 9 heteroatoms. The number of anilines is 1. The van der Waals surface area contributed by atoms with Gasteiger partial charge in [-0.3, -0.25) is 9.69 Å². The number of thiazole rings is 1. The van der Waals surface area contributed by atoms with Crippen LogP contribution in [-0.2, 0) is 21.8 Å². The maximum atomic E-state index is 12.2. The lowest BCUT2D eigenvalue weighted by Crippen LogP contribution is -2.44. The van der Waals surface area contributed by atoms with Crippen LogP contribution in [0.5, 0.6) is 0 Å². The van der Waals surface area contributed by atoms with Gasteiger partial charge in [0.25, 0.3) is 0 Å². The first kappa shape index (κ1) is 21.9. The number of carbonyl (C=O) groups is 1. The maximum absolute atomic E-state index is 12.2. The molecule has 2 aromatic rings. The van der Waals surface area contributed by atoms with Gasteiger partial charge in [-0.1, -0.05) is 29.3 Å². The fourth-order valence-corrected chi connectivity index (χ4v) is 5.23. The molecule has 1 fully saturated rings. The Balaban J connectivity index is 1.43. The Morgan fingerprint density at radius 1 is 1.36 bits per heavy atom. The number of hydrogen-bond acceptors (Lipinski definition) is 6. The molecule has 0 saturated carbocycles. The molecule has 2 heterocycles. The summed E-state index contributed by atoms with van der Waals surface area (Å²) >= 11 is 15.0. The van der Waals surface area contributed by atoms with Gasteiger partial charge in [0.15, 0.2) is 5.13 Å². The van der Waals surface area contributed by atoms with Crippen molar-refractivity contribution in [3.63, 3.8) is 0 Å². The second-order valence-corrected chi connectivity index (χ2v) is 9.56. The molecular formula is C19H23Cl2N3O2S2. The maximum Gasteiger partial charge on any atom is 0.236 e. The van der Waals surface area contributed by atoms with Crippen molar-refractivity contribution in [2.24, 2.45) is 0 Å². The van der Waals surface area contributed by atoms with E-state index in [0.717, 1.165) is 30.9 Å². The zero-order valence-corrected chi connectivity index (χ0v) is 18.9. The predicted octanol–water partition coefficient (Wildman–Crippen LogP) is 4.93. The molecule has 0 spiro atoms. The van der Waals surface area contributed by atoms with E-state index in [4.69, 9.17) is 27.9 Å². The number of carbonyl (C=O) groups excluding carboxylic acids is 1. The van der Waals surface area contributed by atoms with Crippen LogP contribution >= 0.6 is 46.3 Å². The summed E-state index contributed by atoms with van der Waals surface area (Å²) < 4.78 is 5.76. The van der Waals surface area contributed by atoms with Crippen LogP contribution in [0.2, 0.25) is 10.0 Å². The van der Waals surface area contributed by atoms with E-state index in [-0.39, 0.29) is 18.1 Å². The number of halogens is 2. The summed E-state index contributed by atoms with van der Waals surface area (Å²) in [6.45, 7) is 6.74. The average molecular weight is 460 g/mol. The van der Waals surface area contributed by atoms with Gasteiger partial charge in [0, 0.05) is 40.8 Å². The van der Waals surface area contributed by atoms with Crippen LogP contribution in [0.15, 0.2) is 23.6 Å². The summed E-state index contributed by atoms with van der Waals surface area (Å²) in [6.07, 6.45) is 0.459. The molecule has 152 valence electrons. The standard InChI is InChI=1S/C19H23Cl2N3O2S2/c1-12-6-24(7-13(2)26-12)8-16-10-28-19(22-16)23-18(25)11-27-9-14-3-4-15(20)5-17(14)21/h3-5,10,12-13H,6-9,11H2,1-2H3,(H,22,23,25). The van der Waals surface area contributed by atoms with E-state index in [1.165, 1.54) is 23.1 Å². The molecule has 1 amide bonds. The van der Waals surface area contributed by atoms with Crippen molar-refractivity contribution in [3.05, 3.63) is 44.9 Å². The fraction of sp³-hybridized carbons (Fsp3) is 0.474. The number of aromatic nitrogens is 1. The highest BCUT2D eigenvalue weighted by Crippen LogP contribution is 2.25. The third-order valence-corrected chi connectivity index (χ3v) is 6.56. The van der Waals surface area contributed by atoms with Crippen LogP contribution in [0.25, 0.3) is 0 Å². The SMILES string of the molecule is CC1CN(Cc2csc(NC(=O)CSCc3ccc(Cl)cc3Cl)n2)CC(C)O1. The van der Waals surface area contributed by atoms with Crippen molar-refractivity contribution in [1.29, 1.82) is 0 Å². The number of rotatable bonds is 7. The Bertz CT molecular complexity index is 808. The molecule has 28 heavy (non-hydrogen) atoms. The minimum atomic E-state index is -0.0652. The third kappa shape index (κ3) is 6.61. The van der Waals surface area contributed by atoms with Gasteiger partial charge in [0.2, 0.25) is 5.91 Å². The first-order valence-corrected chi connectivity index (χ1v) is 11.8. The quantitative estimate of drug-likeness (QED) is 0.635. The number of benzene rings is 1. The monoisotopic (exact) mass is 459 g/mol. The molecule has 1 aromatic heterocycles. The molecule has 0 radical (unpaired) electrons. The highest BCUT2D eigenvalue weighted by molar-refractivity contribution is 7.99. The second kappa shape index (κ2) is 10.3. The summed E-state index contributed by atoms with van der Waals surface area (Å²) in [6, 6.07) is 5.40. The summed E-state index contributed by atoms with van der Waals surface area (Å²) in [4.78, 5) is 19.1. The van der Waals surface area contributed by atoms with E-state index in [1.807, 2.05) is 11.4 Å². The van der Waals surface area contributed by atoms with Gasteiger partial charge < -0.3 is 10.1 Å². The molecule has 1 saturated heterocycles. The van der Waals surface area contributed by atoms with E-state index in [0.29, 0.717) is 26.7 Å². The number of nitrogens with one attached hydrogen (secondary N) is 1. The Labute approximate surface area is 183 Å². The number of ether oxygens (including phenoxy) is 1. The molecule has 0 bridgehead atoms. The van der Waals surface area contributed by atoms with Crippen molar-refractivity contribution >= 4 is 57.3 Å². The van der Waals surface area contributed by atoms with Crippen molar-refractivity contribution in [3.8, 4) is 0 Å². The Morgan fingerprint density at radius 3 is 2.82 bits per heavy atom. The summed E-state index contributed by atoms with van der Waals surface area (Å²) in [7, 11) is 0. The molecule has 2 atom stereocenters. The van der Waals surface area contributed by atoms with Crippen molar-refractivity contribution in [1.82, 2.24) is 9.88 Å². The van der Waals surface area contributed by atoms with Crippen LogP contribution in [0, 0.1) is 0 Å². The lowest BCUT2D eigenvalue weighted by atomic mass is 10.2. The van der Waals surface area contributed by atoms with Crippen LogP contribution in [0.3, 0.4) is 0 Å². The van der Waals surface area contributed by atoms with Crippen molar-refractivity contribution in [2.45, 2.75) is 38.4 Å². The van der Waals surface area contributed by atoms with Crippen LogP contribution in [0.4, 0.5) is 5.13 Å². The third-order valence-electron chi connectivity index (χ3n) is 4.18. The molecular weight excluding hydrogens is 437 g/mol. The van der Waals surface area contributed by atoms with Gasteiger partial charge in [-0.25, -0.2) is 4.98 Å². The van der Waals surface area contributed by atoms with Crippen molar-refractivity contribution < 1.29 is 9.53 Å². The molecule has 1 N–H and O–H groups in total. The van der Waals surface area contributed by atoms with Gasteiger partial charge in [0.1, 0.15) is 0 Å². The topological polar surface area (TPSA) is 54.5 Å². The average Bonchev–Trinajstić information content (AvgIpc) is 3.02. The highest BCUT2D eigenvalue weighted by atomic mass is 35.5. The number of nitrogens with zero attached hydrogens (tertiary/aromatic N) is 2. The van der Waals surface area contributed by atoms with Crippen LogP contribution in [0.1, 0.15) is 25.1 Å². The van der Waals surface area contributed by atoms with Crippen LogP contribution < -0.4 is 5.32 Å². The molecule has 1 aromatic carbocycles. The molecule has 5 nitrogen and oxygen atoms in total. The number of amides is 1. The Hall–Kier alpha value is -0.830.